The van der Waals surface area contributed by atoms with Gasteiger partial charge in [-0.25, -0.2) is 8.78 Å². The third kappa shape index (κ3) is 9.00. The third-order valence-electron chi connectivity index (χ3n) is 7.74. The number of aromatic nitrogens is 1. The summed E-state index contributed by atoms with van der Waals surface area (Å²) in [6.45, 7) is -10.7. The Hall–Kier alpha value is -4.52. The molecule has 1 aliphatic rings. The second-order valence-corrected chi connectivity index (χ2v) is 11.9. The molecule has 0 bridgehead atoms. The van der Waals surface area contributed by atoms with E-state index in [1.807, 2.05) is 0 Å². The van der Waals surface area contributed by atoms with E-state index in [1.165, 1.54) is 4.90 Å². The number of alkyl halides is 3. The lowest BCUT2D eigenvalue weighted by molar-refractivity contribution is -0.138. The first kappa shape index (κ1) is 18.7. The van der Waals surface area contributed by atoms with Crippen molar-refractivity contribution in [3.63, 3.8) is 0 Å². The molecule has 1 amide bonds. The number of carbonyl (C=O) groups excluding carboxylic acids is 1. The molecule has 0 aliphatic carbocycles. The van der Waals surface area contributed by atoms with Gasteiger partial charge in [-0.1, -0.05) is 60.4 Å². The zero-order valence-electron chi connectivity index (χ0n) is 50.5. The molecule has 1 aliphatic heterocycles. The highest BCUT2D eigenvalue weighted by molar-refractivity contribution is 7.98. The van der Waals surface area contributed by atoms with Crippen molar-refractivity contribution in [1.82, 2.24) is 14.4 Å². The topological polar surface area (TPSA) is 54.8 Å². The minimum absolute atomic E-state index is 0.0356. The first-order chi connectivity index (χ1) is 34.7. The Bertz CT molecular complexity index is 3250. The number of methoxy groups -OCH3 is 1. The Balaban J connectivity index is 1.69. The monoisotopic (exact) mass is 772 g/mol. The summed E-state index contributed by atoms with van der Waals surface area (Å²) in [5, 5.41) is -2.71. The van der Waals surface area contributed by atoms with Crippen LogP contribution in [0.25, 0.3) is 22.0 Å². The number of rotatable bonds is 12. The van der Waals surface area contributed by atoms with Crippen molar-refractivity contribution >= 4 is 28.6 Å². The SMILES string of the molecule is [2H]c1c([2H])c(F)c(F)c(C([2H])([2H])Sc2c([2H])c(=O)c3c([2H])c([2H])c([2H])c([2H])c3n2C([2H])([2H])C(=O)N(C2CCN(CC([2H])([2H])OC)CC2)C([2H])([2H])c2c([2H])c([2H])c(-c3c([2H])c([2H])c(C(F)(F)F)c(C)c3[2H])c([2H])c2[2H])c1[2H]. The molecule has 1 fully saturated rings. The maximum absolute atomic E-state index is 15.6. The van der Waals surface area contributed by atoms with E-state index in [0.717, 1.165) is 14.0 Å². The van der Waals surface area contributed by atoms with Crippen LogP contribution >= 0.6 is 11.8 Å². The molecule has 278 valence electrons. The number of pyridine rings is 1. The van der Waals surface area contributed by atoms with Crippen LogP contribution < -0.4 is 5.43 Å². The molecule has 1 aromatic heterocycles. The molecule has 0 N–H and O–H groups in total. The average molecular weight is 773 g/mol. The molecule has 5 aromatic rings. The van der Waals surface area contributed by atoms with E-state index in [1.54, 1.807) is 0 Å². The largest absolute Gasteiger partial charge is 0.416 e. The number of benzene rings is 4. The molecule has 0 spiro atoms. The predicted molar refractivity (Wildman–Crippen MR) is 198 cm³/mol. The minimum Gasteiger partial charge on any atom is -0.383 e. The fourth-order valence-electron chi connectivity index (χ4n) is 5.14. The molecule has 4 aromatic carbocycles. The van der Waals surface area contributed by atoms with Crippen LogP contribution in [0.2, 0.25) is 0 Å². The molecule has 0 atom stereocenters. The Morgan fingerprint density at radius 1 is 0.981 bits per heavy atom. The summed E-state index contributed by atoms with van der Waals surface area (Å²) in [4.78, 5) is 31.1. The van der Waals surface area contributed by atoms with Gasteiger partial charge in [0.15, 0.2) is 17.1 Å². The lowest BCUT2D eigenvalue weighted by atomic mass is 9.98. The molecule has 0 radical (unpaired) electrons. The Kier molecular flexibility index (Phi) is 5.87. The summed E-state index contributed by atoms with van der Waals surface area (Å²) in [6, 6.07) is -22.3. The molecular weight excluding hydrogens is 710 g/mol. The van der Waals surface area contributed by atoms with Crippen molar-refractivity contribution in [3.8, 4) is 11.1 Å². The van der Waals surface area contributed by atoms with Gasteiger partial charge in [0.05, 0.1) is 51.5 Å². The van der Waals surface area contributed by atoms with Crippen molar-refractivity contribution in [3.05, 3.63) is 135 Å². The maximum Gasteiger partial charge on any atom is 0.416 e. The number of hydrogen-bond acceptors (Lipinski definition) is 5. The molecule has 53 heavy (non-hydrogen) atoms. The summed E-state index contributed by atoms with van der Waals surface area (Å²) in [5.74, 6) is -6.61. The Morgan fingerprint density at radius 2 is 1.70 bits per heavy atom. The summed E-state index contributed by atoms with van der Waals surface area (Å²) in [7, 11) is 1.05. The molecule has 0 saturated carbocycles. The summed E-state index contributed by atoms with van der Waals surface area (Å²) < 4.78 is 278. The van der Waals surface area contributed by atoms with Gasteiger partial charge in [-0.2, -0.15) is 13.2 Å². The van der Waals surface area contributed by atoms with Gasteiger partial charge >= 0.3 is 6.18 Å². The molecule has 0 unspecified atom stereocenters. The standard InChI is InChI=1S/C41H40F5N3O3S/c1-27-22-30(14-15-34(27)41(44,45)46)29-12-10-28(11-13-29)24-48(32-16-18-47(19-17-32)20-21-52-2)38(51)25-49-36-9-4-3-7-33(36)37(50)23-39(49)53-26-31-6-5-8-35(42)40(31)43/h3-15,22-23,32H,16-21,24-26H2,1-2H3/i3D,4D,5D,6D,7D,8D,9D,10D,11D,12D,13D,14D,15D,21D2,22D,23D,24D2,25D2,26D2. The van der Waals surface area contributed by atoms with Gasteiger partial charge in [0.25, 0.3) is 0 Å². The summed E-state index contributed by atoms with van der Waals surface area (Å²) in [6.07, 6.45) is -6.23. The van der Waals surface area contributed by atoms with Crippen molar-refractivity contribution in [2.45, 2.75) is 55.7 Å². The normalized spacial score (nSPS) is 21.5. The van der Waals surface area contributed by atoms with Crippen LogP contribution in [0.3, 0.4) is 0 Å². The number of hydrogen-bond donors (Lipinski definition) is 0. The van der Waals surface area contributed by atoms with Crippen LogP contribution in [0.5, 0.6) is 0 Å². The zero-order valence-corrected chi connectivity index (χ0v) is 28.3. The molecule has 2 heterocycles. The van der Waals surface area contributed by atoms with Crippen LogP contribution in [0.4, 0.5) is 22.0 Å². The van der Waals surface area contributed by atoms with E-state index < -0.39 is 232 Å². The quantitative estimate of drug-likeness (QED) is 0.0939. The van der Waals surface area contributed by atoms with Gasteiger partial charge in [0.2, 0.25) is 5.91 Å². The van der Waals surface area contributed by atoms with Crippen LogP contribution in [-0.2, 0) is 34.4 Å². The maximum atomic E-state index is 15.6. The first-order valence-corrected chi connectivity index (χ1v) is 16.2. The smallest absolute Gasteiger partial charge is 0.383 e. The van der Waals surface area contributed by atoms with Gasteiger partial charge in [0, 0.05) is 64.7 Å². The fourth-order valence-corrected chi connectivity index (χ4v) is 5.85. The lowest BCUT2D eigenvalue weighted by Crippen LogP contribution is -2.48. The van der Waals surface area contributed by atoms with E-state index in [-0.39, 0.29) is 22.6 Å². The number of piperidine rings is 1. The van der Waals surface area contributed by atoms with Gasteiger partial charge < -0.3 is 19.1 Å². The number of para-hydroxylation sites is 1. The number of amides is 1. The first-order valence-electron chi connectivity index (χ1n) is 26.9. The highest BCUT2D eigenvalue weighted by atomic mass is 32.2. The lowest BCUT2D eigenvalue weighted by Gasteiger charge is -2.39. The Morgan fingerprint density at radius 3 is 2.42 bits per heavy atom. The fraction of sp³-hybridized carbons (Fsp3) is 0.317. The third-order valence-corrected chi connectivity index (χ3v) is 8.52. The van der Waals surface area contributed by atoms with Crippen LogP contribution in [0.15, 0.2) is 100 Å². The number of fused-ring (bicyclic) bond motifs is 1. The van der Waals surface area contributed by atoms with E-state index >= 15 is 9.18 Å². The number of halogens is 5. The highest BCUT2D eigenvalue weighted by Gasteiger charge is 2.32. The van der Waals surface area contributed by atoms with Gasteiger partial charge in [-0.05, 0) is 66.2 Å². The Labute approximate surface area is 341 Å². The van der Waals surface area contributed by atoms with Gasteiger partial charge in [-0.3, -0.25) is 9.59 Å². The van der Waals surface area contributed by atoms with Crippen LogP contribution in [-0.4, -0.2) is 59.6 Å². The predicted octanol–water partition coefficient (Wildman–Crippen LogP) is 8.71. The van der Waals surface area contributed by atoms with Gasteiger partial charge in [-0.15, -0.1) is 11.8 Å². The molecule has 6 nitrogen and oxygen atoms in total. The number of carbonyl (C=O) groups is 1. The second kappa shape index (κ2) is 16.7. The molecule has 1 saturated heterocycles. The van der Waals surface area contributed by atoms with E-state index in [2.05, 4.69) is 0 Å². The number of likely N-dealkylation sites (tertiary alicyclic amines) is 1. The minimum atomic E-state index is -5.29. The number of ether oxygens (including phenoxy) is 1. The average Bonchev–Trinajstić information content (AvgIpc) is 3.32. The van der Waals surface area contributed by atoms with E-state index in [9.17, 15) is 27.8 Å². The molecule has 12 heteroatoms. The second-order valence-electron chi connectivity index (χ2n) is 11.2. The summed E-state index contributed by atoms with van der Waals surface area (Å²) >= 11 is -0.614. The van der Waals surface area contributed by atoms with Crippen LogP contribution in [0.1, 0.15) is 66.6 Å². The number of thioether (sulfide) groups is 1. The molecular formula is C41H40F5N3O3S. The van der Waals surface area contributed by atoms with E-state index in [0.29, 0.717) is 0 Å². The zero-order chi connectivity index (χ0) is 57.9. The number of nitrogens with zero attached hydrogens (tertiary/aromatic N) is 3. The molecule has 6 rings (SSSR count). The van der Waals surface area contributed by atoms with Crippen molar-refractivity contribution < 1.29 is 63.0 Å². The van der Waals surface area contributed by atoms with E-state index in [4.69, 9.17) is 30.8 Å². The van der Waals surface area contributed by atoms with Gasteiger partial charge in [0.1, 0.15) is 6.50 Å². The highest BCUT2D eigenvalue weighted by Crippen LogP contribution is 2.34. The van der Waals surface area contributed by atoms with Crippen LogP contribution in [0, 0.1) is 18.6 Å². The summed E-state index contributed by atoms with van der Waals surface area (Å²) in [5.41, 5.74) is -14.6. The van der Waals surface area contributed by atoms with Crippen molar-refractivity contribution in [2.75, 3.05) is 33.3 Å². The van der Waals surface area contributed by atoms with Crippen molar-refractivity contribution in [1.29, 1.82) is 0 Å². The van der Waals surface area contributed by atoms with Crippen molar-refractivity contribution in [2.24, 2.45) is 0 Å².